The molecule has 7 nitrogen and oxygen atoms in total. The molecule has 2 atom stereocenters. The Hall–Kier alpha value is -2.10. The molecule has 1 rings (SSSR count). The molecule has 1 N–H and O–H groups in total. The van der Waals surface area contributed by atoms with Crippen LogP contribution in [0.25, 0.3) is 0 Å². The van der Waals surface area contributed by atoms with Gasteiger partial charge >= 0.3 is 12.1 Å². The number of nitrogens with zero attached hydrogens (tertiary/aromatic N) is 2. The number of rotatable bonds is 7. The molecule has 1 aliphatic rings. The van der Waals surface area contributed by atoms with Gasteiger partial charge in [0.15, 0.2) is 0 Å². The normalized spacial score (nSPS) is 21.0. The van der Waals surface area contributed by atoms with Crippen molar-refractivity contribution < 1.29 is 32.3 Å². The monoisotopic (exact) mass is 365 g/mol. The summed E-state index contributed by atoms with van der Waals surface area (Å²) < 4.78 is 43.1. The van der Waals surface area contributed by atoms with Crippen LogP contribution in [0.1, 0.15) is 26.2 Å². The van der Waals surface area contributed by atoms with Crippen LogP contribution < -0.4 is 5.32 Å². The Bertz CT molecular complexity index is 537. The summed E-state index contributed by atoms with van der Waals surface area (Å²) in [7, 11) is 2.23. The van der Waals surface area contributed by atoms with Crippen molar-refractivity contribution in [3.05, 3.63) is 11.8 Å². The van der Waals surface area contributed by atoms with E-state index in [1.165, 1.54) is 7.05 Å². The molecule has 0 bridgehead atoms. The second-order valence-electron chi connectivity index (χ2n) is 5.64. The third-order valence-corrected chi connectivity index (χ3v) is 3.82. The topological polar surface area (TPSA) is 79.0 Å². The average molecular weight is 365 g/mol. The minimum Gasteiger partial charge on any atom is -0.355 e. The van der Waals surface area contributed by atoms with Crippen molar-refractivity contribution in [3.63, 3.8) is 0 Å². The first-order valence-electron chi connectivity index (χ1n) is 7.77. The van der Waals surface area contributed by atoms with E-state index >= 15 is 0 Å². The van der Waals surface area contributed by atoms with Crippen LogP contribution in [0, 0.1) is 0 Å². The standard InChI is InChI=1S/C15H22F3N3O4/c1-4-11-5-6-12(25-11)21(9-22)8-10(13(23)19-2)7-20(3)14(24)15(16,17)18/h8-9,11-12H,4-7H2,1-3H3,(H,19,23)/b10-8-/t11?,12-/m1/s1. The minimum atomic E-state index is -5.05. The van der Waals surface area contributed by atoms with Gasteiger partial charge in [0.25, 0.3) is 0 Å². The molecule has 25 heavy (non-hydrogen) atoms. The molecule has 1 unspecified atom stereocenters. The predicted octanol–water partition coefficient (Wildman–Crippen LogP) is 1.01. The fraction of sp³-hybridized carbons (Fsp3) is 0.667. The minimum absolute atomic E-state index is 0.0150. The lowest BCUT2D eigenvalue weighted by atomic mass is 10.2. The third kappa shape index (κ3) is 5.73. The summed E-state index contributed by atoms with van der Waals surface area (Å²) in [6.45, 7) is 1.33. The van der Waals surface area contributed by atoms with Gasteiger partial charge in [-0.1, -0.05) is 6.92 Å². The van der Waals surface area contributed by atoms with Crippen LogP contribution in [0.4, 0.5) is 13.2 Å². The molecule has 1 saturated heterocycles. The van der Waals surface area contributed by atoms with E-state index in [9.17, 15) is 27.6 Å². The van der Waals surface area contributed by atoms with Gasteiger partial charge in [-0.2, -0.15) is 13.2 Å². The molecule has 1 aliphatic heterocycles. The number of likely N-dealkylation sites (N-methyl/N-ethyl adjacent to an activating group) is 2. The van der Waals surface area contributed by atoms with Crippen LogP contribution in [0.3, 0.4) is 0 Å². The van der Waals surface area contributed by atoms with Crippen molar-refractivity contribution in [3.8, 4) is 0 Å². The highest BCUT2D eigenvalue weighted by Gasteiger charge is 2.41. The Morgan fingerprint density at radius 2 is 1.96 bits per heavy atom. The molecule has 0 radical (unpaired) electrons. The SMILES string of the molecule is CCC1CC[C@H](N(C=O)/C=C(/CN(C)C(=O)C(F)(F)F)C(=O)NC)O1. The largest absolute Gasteiger partial charge is 0.471 e. The summed E-state index contributed by atoms with van der Waals surface area (Å²) in [5.74, 6) is -2.78. The second-order valence-corrected chi connectivity index (χ2v) is 5.64. The number of carbonyl (C=O) groups is 3. The Kier molecular flexibility index (Phi) is 7.40. The van der Waals surface area contributed by atoms with E-state index in [2.05, 4.69) is 5.32 Å². The molecule has 0 aromatic heterocycles. The molecule has 1 fully saturated rings. The highest BCUT2D eigenvalue weighted by Crippen LogP contribution is 2.25. The molecule has 0 aromatic carbocycles. The van der Waals surface area contributed by atoms with Gasteiger partial charge in [0.05, 0.1) is 18.2 Å². The highest BCUT2D eigenvalue weighted by molar-refractivity contribution is 5.94. The van der Waals surface area contributed by atoms with Crippen molar-refractivity contribution in [1.29, 1.82) is 0 Å². The quantitative estimate of drug-likeness (QED) is 0.540. The Morgan fingerprint density at radius 1 is 1.32 bits per heavy atom. The van der Waals surface area contributed by atoms with Gasteiger partial charge in [0, 0.05) is 20.3 Å². The molecule has 10 heteroatoms. The van der Waals surface area contributed by atoms with E-state index in [0.29, 0.717) is 17.7 Å². The first kappa shape index (κ1) is 20.9. The highest BCUT2D eigenvalue weighted by atomic mass is 19.4. The van der Waals surface area contributed by atoms with E-state index in [1.807, 2.05) is 6.92 Å². The fourth-order valence-electron chi connectivity index (χ4n) is 2.44. The van der Waals surface area contributed by atoms with Crippen LogP contribution in [-0.2, 0) is 19.1 Å². The van der Waals surface area contributed by atoms with E-state index in [-0.39, 0.29) is 11.7 Å². The Labute approximate surface area is 143 Å². The molecule has 1 heterocycles. The first-order valence-corrected chi connectivity index (χ1v) is 7.77. The van der Waals surface area contributed by atoms with Crippen LogP contribution in [0.15, 0.2) is 11.8 Å². The number of amides is 3. The molecule has 0 saturated carbocycles. The Balaban J connectivity index is 2.96. The van der Waals surface area contributed by atoms with Gasteiger partial charge < -0.3 is 15.0 Å². The van der Waals surface area contributed by atoms with E-state index < -0.39 is 30.8 Å². The number of hydrogen-bond acceptors (Lipinski definition) is 4. The number of hydrogen-bond donors (Lipinski definition) is 1. The van der Waals surface area contributed by atoms with Crippen molar-refractivity contribution >= 4 is 18.2 Å². The lowest BCUT2D eigenvalue weighted by Crippen LogP contribution is -2.42. The van der Waals surface area contributed by atoms with Gasteiger partial charge in [0.2, 0.25) is 12.3 Å². The van der Waals surface area contributed by atoms with Crippen molar-refractivity contribution in [2.75, 3.05) is 20.6 Å². The molecular weight excluding hydrogens is 343 g/mol. The van der Waals surface area contributed by atoms with Gasteiger partial charge in [-0.3, -0.25) is 19.3 Å². The molecular formula is C15H22F3N3O4. The lowest BCUT2D eigenvalue weighted by Gasteiger charge is -2.24. The number of ether oxygens (including phenoxy) is 1. The van der Waals surface area contributed by atoms with Gasteiger partial charge in [0.1, 0.15) is 6.23 Å². The number of halogens is 3. The van der Waals surface area contributed by atoms with E-state index in [1.54, 1.807) is 0 Å². The smallest absolute Gasteiger partial charge is 0.355 e. The van der Waals surface area contributed by atoms with Gasteiger partial charge in [-0.25, -0.2) is 0 Å². The molecule has 0 aromatic rings. The van der Waals surface area contributed by atoms with E-state index in [0.717, 1.165) is 31.0 Å². The summed E-state index contributed by atoms with van der Waals surface area (Å²) in [6, 6.07) is 0. The first-order chi connectivity index (χ1) is 11.6. The van der Waals surface area contributed by atoms with Crippen LogP contribution in [-0.4, -0.2) is 67.2 Å². The van der Waals surface area contributed by atoms with Crippen molar-refractivity contribution in [2.24, 2.45) is 0 Å². The number of nitrogens with one attached hydrogen (secondary N) is 1. The summed E-state index contributed by atoms with van der Waals surface area (Å²) in [6.07, 6.45) is -2.04. The lowest BCUT2D eigenvalue weighted by molar-refractivity contribution is -0.183. The average Bonchev–Trinajstić information content (AvgIpc) is 3.04. The van der Waals surface area contributed by atoms with Crippen molar-refractivity contribution in [1.82, 2.24) is 15.1 Å². The number of carbonyl (C=O) groups excluding carboxylic acids is 3. The zero-order valence-corrected chi connectivity index (χ0v) is 14.3. The predicted molar refractivity (Wildman–Crippen MR) is 81.9 cm³/mol. The zero-order chi connectivity index (χ0) is 19.2. The number of alkyl halides is 3. The maximum Gasteiger partial charge on any atom is 0.471 e. The van der Waals surface area contributed by atoms with Gasteiger partial charge in [-0.15, -0.1) is 0 Å². The molecule has 0 aliphatic carbocycles. The molecule has 3 amide bonds. The summed E-state index contributed by atoms with van der Waals surface area (Å²) in [4.78, 5) is 36.0. The maximum atomic E-state index is 12.5. The summed E-state index contributed by atoms with van der Waals surface area (Å²) >= 11 is 0. The third-order valence-electron chi connectivity index (χ3n) is 3.82. The zero-order valence-electron chi connectivity index (χ0n) is 14.3. The molecule has 0 spiro atoms. The molecule has 142 valence electrons. The maximum absolute atomic E-state index is 12.5. The van der Waals surface area contributed by atoms with Gasteiger partial charge in [-0.05, 0) is 19.3 Å². The van der Waals surface area contributed by atoms with Crippen LogP contribution in [0.2, 0.25) is 0 Å². The van der Waals surface area contributed by atoms with Crippen LogP contribution >= 0.6 is 0 Å². The van der Waals surface area contributed by atoms with Crippen LogP contribution in [0.5, 0.6) is 0 Å². The summed E-state index contributed by atoms with van der Waals surface area (Å²) in [5.41, 5.74) is -0.168. The second kappa shape index (κ2) is 8.84. The van der Waals surface area contributed by atoms with Crippen molar-refractivity contribution in [2.45, 2.75) is 44.7 Å². The summed E-state index contributed by atoms with van der Waals surface area (Å²) in [5, 5.41) is 2.28. The Morgan fingerprint density at radius 3 is 2.40 bits per heavy atom. The van der Waals surface area contributed by atoms with E-state index in [4.69, 9.17) is 4.74 Å². The fourth-order valence-corrected chi connectivity index (χ4v) is 2.44.